The van der Waals surface area contributed by atoms with E-state index < -0.39 is 11.8 Å². The van der Waals surface area contributed by atoms with Crippen molar-refractivity contribution in [2.75, 3.05) is 6.54 Å². The molecule has 0 heterocycles. The molecular formula is C19H18ClFN2O2. The lowest BCUT2D eigenvalue weighted by atomic mass is 9.96. The highest BCUT2D eigenvalue weighted by Gasteiger charge is 2.44. The number of halogens is 2. The molecule has 2 aromatic carbocycles. The summed E-state index contributed by atoms with van der Waals surface area (Å²) < 4.78 is 13.0. The van der Waals surface area contributed by atoms with Crippen LogP contribution < -0.4 is 10.6 Å². The largest absolute Gasteiger partial charge is 0.347 e. The molecule has 2 N–H and O–H groups in total. The maximum Gasteiger partial charge on any atom is 0.309 e. The van der Waals surface area contributed by atoms with Gasteiger partial charge in [-0.1, -0.05) is 41.9 Å². The molecule has 2 aromatic rings. The first-order valence-corrected chi connectivity index (χ1v) is 8.43. The number of hydrogen-bond acceptors (Lipinski definition) is 2. The van der Waals surface area contributed by atoms with Crippen LogP contribution >= 0.6 is 11.6 Å². The summed E-state index contributed by atoms with van der Waals surface area (Å²) in [6, 6.07) is 13.4. The van der Waals surface area contributed by atoms with Crippen molar-refractivity contribution in [3.05, 3.63) is 70.5 Å². The van der Waals surface area contributed by atoms with Crippen LogP contribution in [0, 0.1) is 5.82 Å². The van der Waals surface area contributed by atoms with Crippen molar-refractivity contribution in [3.63, 3.8) is 0 Å². The molecule has 1 saturated carbocycles. The van der Waals surface area contributed by atoms with Gasteiger partial charge >= 0.3 is 11.8 Å². The maximum absolute atomic E-state index is 13.0. The summed E-state index contributed by atoms with van der Waals surface area (Å²) >= 11 is 6.02. The lowest BCUT2D eigenvalue weighted by molar-refractivity contribution is -0.139. The van der Waals surface area contributed by atoms with Crippen LogP contribution in [0.1, 0.15) is 24.0 Å². The molecule has 0 unspecified atom stereocenters. The summed E-state index contributed by atoms with van der Waals surface area (Å²) in [6.45, 7) is 0.548. The number of rotatable bonds is 5. The molecule has 25 heavy (non-hydrogen) atoms. The van der Waals surface area contributed by atoms with E-state index in [1.165, 1.54) is 12.1 Å². The topological polar surface area (TPSA) is 58.2 Å². The van der Waals surface area contributed by atoms with Crippen LogP contribution in [0.4, 0.5) is 4.39 Å². The number of carbonyl (C=O) groups is 2. The number of amides is 2. The summed E-state index contributed by atoms with van der Waals surface area (Å²) in [5.41, 5.74) is 1.54. The Balaban J connectivity index is 1.51. The van der Waals surface area contributed by atoms with Gasteiger partial charge in [0.15, 0.2) is 0 Å². The minimum absolute atomic E-state index is 0.188. The van der Waals surface area contributed by atoms with Crippen LogP contribution in [-0.4, -0.2) is 18.4 Å². The van der Waals surface area contributed by atoms with Crippen LogP contribution in [-0.2, 0) is 21.5 Å². The lowest BCUT2D eigenvalue weighted by Crippen LogP contribution is -2.42. The summed E-state index contributed by atoms with van der Waals surface area (Å²) in [5, 5.41) is 5.77. The first kappa shape index (κ1) is 17.4. The highest BCUT2D eigenvalue weighted by atomic mass is 35.5. The minimum atomic E-state index is -0.699. The van der Waals surface area contributed by atoms with E-state index in [2.05, 4.69) is 10.6 Å². The van der Waals surface area contributed by atoms with E-state index in [0.717, 1.165) is 24.0 Å². The molecule has 0 aromatic heterocycles. The Labute approximate surface area is 150 Å². The van der Waals surface area contributed by atoms with Crippen molar-refractivity contribution in [2.45, 2.75) is 24.8 Å². The Bertz CT molecular complexity index is 788. The third-order valence-corrected chi connectivity index (χ3v) is 4.87. The average molecular weight is 361 g/mol. The van der Waals surface area contributed by atoms with Crippen LogP contribution in [0.2, 0.25) is 5.02 Å². The van der Waals surface area contributed by atoms with Gasteiger partial charge in [0, 0.05) is 23.5 Å². The Morgan fingerprint density at radius 2 is 1.64 bits per heavy atom. The first-order valence-electron chi connectivity index (χ1n) is 8.06. The van der Waals surface area contributed by atoms with Gasteiger partial charge in [-0.05, 0) is 42.2 Å². The summed E-state index contributed by atoms with van der Waals surface area (Å²) in [6.07, 6.45) is 1.81. The van der Waals surface area contributed by atoms with Crippen LogP contribution in [0.25, 0.3) is 0 Å². The Morgan fingerprint density at radius 1 is 1.00 bits per heavy atom. The minimum Gasteiger partial charge on any atom is -0.347 e. The molecule has 6 heteroatoms. The second kappa shape index (κ2) is 7.23. The summed E-state index contributed by atoms with van der Waals surface area (Å²) in [4.78, 5) is 23.9. The van der Waals surface area contributed by atoms with Crippen molar-refractivity contribution in [1.82, 2.24) is 10.6 Å². The SMILES string of the molecule is O=C(NCc1ccccc1Cl)C(=O)NCC1(c2ccc(F)cc2)CC1. The van der Waals surface area contributed by atoms with Gasteiger partial charge in [0.2, 0.25) is 0 Å². The smallest absolute Gasteiger partial charge is 0.309 e. The van der Waals surface area contributed by atoms with Gasteiger partial charge < -0.3 is 10.6 Å². The van der Waals surface area contributed by atoms with Gasteiger partial charge in [0.25, 0.3) is 0 Å². The molecular weight excluding hydrogens is 343 g/mol. The van der Waals surface area contributed by atoms with Gasteiger partial charge in [-0.15, -0.1) is 0 Å². The van der Waals surface area contributed by atoms with Crippen molar-refractivity contribution >= 4 is 23.4 Å². The molecule has 0 spiro atoms. The average Bonchev–Trinajstić information content (AvgIpc) is 3.40. The molecule has 2 amide bonds. The summed E-state index contributed by atoms with van der Waals surface area (Å²) in [5.74, 6) is -1.67. The molecule has 1 fully saturated rings. The van der Waals surface area contributed by atoms with E-state index in [0.29, 0.717) is 11.6 Å². The van der Waals surface area contributed by atoms with Crippen molar-refractivity contribution in [2.24, 2.45) is 0 Å². The monoisotopic (exact) mass is 360 g/mol. The van der Waals surface area contributed by atoms with Gasteiger partial charge in [-0.25, -0.2) is 4.39 Å². The fourth-order valence-electron chi connectivity index (χ4n) is 2.75. The van der Waals surface area contributed by atoms with E-state index in [9.17, 15) is 14.0 Å². The third kappa shape index (κ3) is 4.17. The second-order valence-electron chi connectivity index (χ2n) is 6.24. The fraction of sp³-hybridized carbons (Fsp3) is 0.263. The normalized spacial score (nSPS) is 14.6. The zero-order chi connectivity index (χ0) is 17.9. The predicted octanol–water partition coefficient (Wildman–Crippen LogP) is 2.94. The van der Waals surface area contributed by atoms with Crippen molar-refractivity contribution in [1.29, 1.82) is 0 Å². The fourth-order valence-corrected chi connectivity index (χ4v) is 2.95. The Morgan fingerprint density at radius 3 is 2.28 bits per heavy atom. The highest BCUT2D eigenvalue weighted by Crippen LogP contribution is 2.47. The van der Waals surface area contributed by atoms with E-state index in [-0.39, 0.29) is 17.8 Å². The van der Waals surface area contributed by atoms with Gasteiger partial charge in [0.1, 0.15) is 5.82 Å². The van der Waals surface area contributed by atoms with Crippen LogP contribution in [0.15, 0.2) is 48.5 Å². The van der Waals surface area contributed by atoms with Crippen molar-refractivity contribution in [3.8, 4) is 0 Å². The van der Waals surface area contributed by atoms with E-state index in [1.807, 2.05) is 6.07 Å². The zero-order valence-corrected chi connectivity index (χ0v) is 14.3. The van der Waals surface area contributed by atoms with E-state index >= 15 is 0 Å². The molecule has 0 aliphatic heterocycles. The Hall–Kier alpha value is -2.40. The lowest BCUT2D eigenvalue weighted by Gasteiger charge is -2.16. The Kier molecular flexibility index (Phi) is 5.04. The van der Waals surface area contributed by atoms with Crippen LogP contribution in [0.3, 0.4) is 0 Å². The molecule has 3 rings (SSSR count). The van der Waals surface area contributed by atoms with Gasteiger partial charge in [-0.3, -0.25) is 9.59 Å². The molecule has 0 saturated heterocycles. The van der Waals surface area contributed by atoms with Crippen LogP contribution in [0.5, 0.6) is 0 Å². The van der Waals surface area contributed by atoms with Crippen molar-refractivity contribution < 1.29 is 14.0 Å². The van der Waals surface area contributed by atoms with E-state index in [1.54, 1.807) is 30.3 Å². The predicted molar refractivity (Wildman–Crippen MR) is 93.6 cm³/mol. The summed E-state index contributed by atoms with van der Waals surface area (Å²) in [7, 11) is 0. The molecule has 0 bridgehead atoms. The maximum atomic E-state index is 13.0. The molecule has 0 atom stereocenters. The number of nitrogens with one attached hydrogen (secondary N) is 2. The molecule has 4 nitrogen and oxygen atoms in total. The highest BCUT2D eigenvalue weighted by molar-refractivity contribution is 6.35. The molecule has 1 aliphatic rings. The third-order valence-electron chi connectivity index (χ3n) is 4.50. The molecule has 0 radical (unpaired) electrons. The number of carbonyl (C=O) groups excluding carboxylic acids is 2. The first-order chi connectivity index (χ1) is 12.0. The molecule has 130 valence electrons. The van der Waals surface area contributed by atoms with E-state index in [4.69, 9.17) is 11.6 Å². The molecule has 1 aliphatic carbocycles. The zero-order valence-electron chi connectivity index (χ0n) is 13.5. The number of benzene rings is 2. The second-order valence-corrected chi connectivity index (χ2v) is 6.65. The number of hydrogen-bond donors (Lipinski definition) is 2. The standard InChI is InChI=1S/C19H18ClFN2O2/c20-16-4-2-1-3-13(16)11-22-17(24)18(25)23-12-19(9-10-19)14-5-7-15(21)8-6-14/h1-8H,9-12H2,(H,22,24)(H,23,25). The van der Waals surface area contributed by atoms with Gasteiger partial charge in [0.05, 0.1) is 0 Å². The van der Waals surface area contributed by atoms with Gasteiger partial charge in [-0.2, -0.15) is 0 Å². The quantitative estimate of drug-likeness (QED) is 0.805.